The van der Waals surface area contributed by atoms with Gasteiger partial charge in [0.1, 0.15) is 11.8 Å². The van der Waals surface area contributed by atoms with E-state index in [1.807, 2.05) is 17.7 Å². The molecule has 0 fully saturated rings. The van der Waals surface area contributed by atoms with Crippen LogP contribution in [0.4, 0.5) is 0 Å². The molecule has 0 radical (unpaired) electrons. The number of imidazole rings is 1. The summed E-state index contributed by atoms with van der Waals surface area (Å²) in [6.07, 6.45) is 3.30. The number of carbonyl (C=O) groups is 1. The summed E-state index contributed by atoms with van der Waals surface area (Å²) in [4.78, 5) is 19.5. The summed E-state index contributed by atoms with van der Waals surface area (Å²) in [6.45, 7) is 0.436. The van der Waals surface area contributed by atoms with Crippen LogP contribution < -0.4 is 0 Å². The van der Waals surface area contributed by atoms with E-state index in [1.54, 1.807) is 23.2 Å². The van der Waals surface area contributed by atoms with Crippen molar-refractivity contribution >= 4 is 28.9 Å². The normalized spacial score (nSPS) is 11.1. The van der Waals surface area contributed by atoms with Gasteiger partial charge in [-0.3, -0.25) is 9.36 Å². The minimum atomic E-state index is -0.884. The first-order valence-electron chi connectivity index (χ1n) is 6.14. The highest BCUT2D eigenvalue weighted by Crippen LogP contribution is 2.23. The number of pyridine rings is 1. The fourth-order valence-electron chi connectivity index (χ4n) is 1.91. The van der Waals surface area contributed by atoms with E-state index in [4.69, 9.17) is 5.11 Å². The molecular weight excluding hydrogens is 292 g/mol. The second kappa shape index (κ2) is 5.52. The van der Waals surface area contributed by atoms with Crippen molar-refractivity contribution in [2.45, 2.75) is 11.7 Å². The number of hydrogen-bond acceptors (Lipinski definition) is 6. The van der Waals surface area contributed by atoms with Crippen LogP contribution in [-0.4, -0.2) is 46.1 Å². The first-order chi connectivity index (χ1) is 10.1. The highest BCUT2D eigenvalue weighted by molar-refractivity contribution is 7.99. The minimum Gasteiger partial charge on any atom is -0.481 e. The van der Waals surface area contributed by atoms with Crippen LogP contribution in [-0.2, 0) is 18.4 Å². The first kappa shape index (κ1) is 13.6. The Labute approximate surface area is 123 Å². The molecule has 0 bridgehead atoms. The number of fused-ring (bicyclic) bond motifs is 1. The molecule has 0 spiro atoms. The number of aryl methyl sites for hydroxylation is 1. The van der Waals surface area contributed by atoms with Crippen molar-refractivity contribution in [3.63, 3.8) is 0 Å². The zero-order valence-electron chi connectivity index (χ0n) is 11.2. The van der Waals surface area contributed by atoms with E-state index in [9.17, 15) is 4.79 Å². The van der Waals surface area contributed by atoms with Gasteiger partial charge < -0.3 is 9.67 Å². The molecule has 3 rings (SSSR count). The number of thioether (sulfide) groups is 1. The van der Waals surface area contributed by atoms with E-state index in [1.165, 1.54) is 0 Å². The van der Waals surface area contributed by atoms with Crippen LogP contribution in [0.1, 0.15) is 5.82 Å². The Morgan fingerprint density at radius 1 is 1.48 bits per heavy atom. The van der Waals surface area contributed by atoms with Crippen molar-refractivity contribution < 1.29 is 9.90 Å². The Balaban J connectivity index is 2.02. The molecule has 108 valence electrons. The first-order valence-corrected chi connectivity index (χ1v) is 7.12. The molecule has 0 saturated carbocycles. The highest BCUT2D eigenvalue weighted by atomic mass is 32.2. The van der Waals surface area contributed by atoms with Gasteiger partial charge in [-0.2, -0.15) is 0 Å². The molecule has 0 aliphatic carbocycles. The monoisotopic (exact) mass is 304 g/mol. The smallest absolute Gasteiger partial charge is 0.313 e. The molecule has 0 aliphatic heterocycles. The number of hydrogen-bond donors (Lipinski definition) is 1. The molecule has 21 heavy (non-hydrogen) atoms. The Morgan fingerprint density at radius 2 is 2.33 bits per heavy atom. The lowest BCUT2D eigenvalue weighted by molar-refractivity contribution is -0.133. The van der Waals surface area contributed by atoms with Crippen LogP contribution in [0.3, 0.4) is 0 Å². The van der Waals surface area contributed by atoms with Crippen LogP contribution in [0, 0.1) is 0 Å². The Morgan fingerprint density at radius 3 is 3.05 bits per heavy atom. The number of carboxylic acids is 1. The third-order valence-electron chi connectivity index (χ3n) is 2.90. The Kier molecular flexibility index (Phi) is 3.57. The highest BCUT2D eigenvalue weighted by Gasteiger charge is 2.15. The maximum absolute atomic E-state index is 10.8. The summed E-state index contributed by atoms with van der Waals surface area (Å²) in [6, 6.07) is 3.65. The van der Waals surface area contributed by atoms with Crippen molar-refractivity contribution in [3.05, 3.63) is 30.5 Å². The SMILES string of the molecule is Cn1cnnc1Cn1c(SCC(=O)O)nc2cccnc21. The average molecular weight is 304 g/mol. The zero-order chi connectivity index (χ0) is 14.8. The summed E-state index contributed by atoms with van der Waals surface area (Å²) in [7, 11) is 1.85. The van der Waals surface area contributed by atoms with Gasteiger partial charge in [0.2, 0.25) is 0 Å². The molecule has 3 aromatic rings. The summed E-state index contributed by atoms with van der Waals surface area (Å²) in [5.41, 5.74) is 1.43. The van der Waals surface area contributed by atoms with E-state index in [2.05, 4.69) is 20.2 Å². The van der Waals surface area contributed by atoms with Gasteiger partial charge in [-0.25, -0.2) is 9.97 Å². The number of aliphatic carboxylic acids is 1. The molecule has 0 unspecified atom stereocenters. The van der Waals surface area contributed by atoms with Crippen LogP contribution in [0.5, 0.6) is 0 Å². The Bertz CT molecular complexity index is 796. The fourth-order valence-corrected chi connectivity index (χ4v) is 2.63. The third kappa shape index (κ3) is 2.72. The van der Waals surface area contributed by atoms with Crippen molar-refractivity contribution in [1.29, 1.82) is 0 Å². The zero-order valence-corrected chi connectivity index (χ0v) is 12.0. The van der Waals surface area contributed by atoms with Gasteiger partial charge in [-0.1, -0.05) is 11.8 Å². The van der Waals surface area contributed by atoms with Gasteiger partial charge >= 0.3 is 5.97 Å². The number of carboxylic acid groups (broad SMARTS) is 1. The lowest BCUT2D eigenvalue weighted by Gasteiger charge is -2.06. The van der Waals surface area contributed by atoms with Crippen LogP contribution in [0.2, 0.25) is 0 Å². The van der Waals surface area contributed by atoms with Crippen LogP contribution in [0.25, 0.3) is 11.2 Å². The summed E-state index contributed by atoms with van der Waals surface area (Å²) >= 11 is 1.16. The maximum Gasteiger partial charge on any atom is 0.313 e. The lowest BCUT2D eigenvalue weighted by atomic mass is 10.4. The molecule has 8 nitrogen and oxygen atoms in total. The number of aromatic nitrogens is 6. The second-order valence-corrected chi connectivity index (χ2v) is 5.31. The predicted molar refractivity (Wildman–Crippen MR) is 76.0 cm³/mol. The van der Waals surface area contributed by atoms with E-state index < -0.39 is 5.97 Å². The predicted octanol–water partition coefficient (Wildman–Crippen LogP) is 0.785. The quantitative estimate of drug-likeness (QED) is 0.695. The fraction of sp³-hybridized carbons (Fsp3) is 0.250. The Hall–Kier alpha value is -2.42. The minimum absolute atomic E-state index is 0.0534. The molecule has 3 heterocycles. The van der Waals surface area contributed by atoms with Crippen LogP contribution in [0.15, 0.2) is 29.8 Å². The standard InChI is InChI=1S/C12H12N6O2S/c1-17-7-14-16-9(17)5-18-11-8(3-2-4-13-11)15-12(18)21-6-10(19)20/h2-4,7H,5-6H2,1H3,(H,19,20). The van der Waals surface area contributed by atoms with Gasteiger partial charge in [0.05, 0.1) is 12.3 Å². The van der Waals surface area contributed by atoms with E-state index >= 15 is 0 Å². The second-order valence-electron chi connectivity index (χ2n) is 4.37. The molecular formula is C12H12N6O2S. The van der Waals surface area contributed by atoms with Gasteiger partial charge in [-0.15, -0.1) is 10.2 Å². The summed E-state index contributed by atoms with van der Waals surface area (Å²) in [5.74, 6) is -0.190. The molecule has 3 aromatic heterocycles. The molecule has 0 aliphatic rings. The van der Waals surface area contributed by atoms with Gasteiger partial charge in [0, 0.05) is 13.2 Å². The van der Waals surface area contributed by atoms with Crippen molar-refractivity contribution in [3.8, 4) is 0 Å². The van der Waals surface area contributed by atoms with E-state index in [0.29, 0.717) is 17.3 Å². The third-order valence-corrected chi connectivity index (χ3v) is 3.86. The van der Waals surface area contributed by atoms with Gasteiger partial charge in [0.15, 0.2) is 16.6 Å². The van der Waals surface area contributed by atoms with Crippen molar-refractivity contribution in [2.24, 2.45) is 7.05 Å². The molecule has 0 saturated heterocycles. The topological polar surface area (TPSA) is 98.7 Å². The van der Waals surface area contributed by atoms with E-state index in [0.717, 1.165) is 23.1 Å². The molecule has 1 N–H and O–H groups in total. The molecule has 0 amide bonds. The van der Waals surface area contributed by atoms with Gasteiger partial charge in [-0.05, 0) is 12.1 Å². The van der Waals surface area contributed by atoms with Crippen molar-refractivity contribution in [2.75, 3.05) is 5.75 Å². The molecule has 0 atom stereocenters. The van der Waals surface area contributed by atoms with E-state index in [-0.39, 0.29) is 5.75 Å². The summed E-state index contributed by atoms with van der Waals surface area (Å²) < 4.78 is 3.66. The van der Waals surface area contributed by atoms with Gasteiger partial charge in [0.25, 0.3) is 0 Å². The largest absolute Gasteiger partial charge is 0.481 e. The maximum atomic E-state index is 10.8. The molecule has 9 heteroatoms. The number of rotatable bonds is 5. The summed E-state index contributed by atoms with van der Waals surface area (Å²) in [5, 5.41) is 17.3. The van der Waals surface area contributed by atoms with Crippen molar-refractivity contribution in [1.82, 2.24) is 29.3 Å². The van der Waals surface area contributed by atoms with Crippen LogP contribution >= 0.6 is 11.8 Å². The molecule has 0 aromatic carbocycles. The number of nitrogens with zero attached hydrogens (tertiary/aromatic N) is 6. The average Bonchev–Trinajstić information content (AvgIpc) is 3.02. The lowest BCUT2D eigenvalue weighted by Crippen LogP contribution is -2.08.